The largest absolute Gasteiger partial charge is 0.355 e. The zero-order valence-electron chi connectivity index (χ0n) is 13.6. The lowest BCUT2D eigenvalue weighted by atomic mass is 9.86. The number of carbonyl (C=O) groups is 1. The van der Waals surface area contributed by atoms with Crippen molar-refractivity contribution in [1.82, 2.24) is 10.2 Å². The molecule has 0 heterocycles. The first-order chi connectivity index (χ1) is 10.2. The zero-order chi connectivity index (χ0) is 15.2. The number of nitrogens with zero attached hydrogens (tertiary/aromatic N) is 1. The first-order valence-corrected chi connectivity index (χ1v) is 7.88. The van der Waals surface area contributed by atoms with Gasteiger partial charge in [-0.25, -0.2) is 0 Å². The van der Waals surface area contributed by atoms with Gasteiger partial charge in [-0.3, -0.25) is 9.69 Å². The average molecular weight is 323 g/mol. The van der Waals surface area contributed by atoms with E-state index in [1.807, 2.05) is 12.1 Å². The monoisotopic (exact) mass is 322 g/mol. The molecule has 4 heteroatoms. The van der Waals surface area contributed by atoms with Crippen LogP contribution in [0, 0.1) is 0 Å². The summed E-state index contributed by atoms with van der Waals surface area (Å²) in [7, 11) is 1.68. The molecule has 3 nitrogen and oxygen atoms in total. The van der Waals surface area contributed by atoms with E-state index in [2.05, 4.69) is 35.9 Å². The SMILES string of the molecule is C=CCN(CCC)C1CCc2ccc(C(=O)NC)cc2C1.Cl. The Balaban J connectivity index is 0.00000242. The summed E-state index contributed by atoms with van der Waals surface area (Å²) < 4.78 is 0. The number of rotatable bonds is 6. The predicted octanol–water partition coefficient (Wildman–Crippen LogP) is 3.22. The van der Waals surface area contributed by atoms with Gasteiger partial charge in [-0.05, 0) is 55.5 Å². The van der Waals surface area contributed by atoms with Crippen molar-refractivity contribution in [3.05, 3.63) is 47.5 Å². The number of fused-ring (bicyclic) bond motifs is 1. The van der Waals surface area contributed by atoms with Crippen molar-refractivity contribution in [2.75, 3.05) is 20.1 Å². The lowest BCUT2D eigenvalue weighted by Crippen LogP contribution is -2.40. The molecule has 0 saturated carbocycles. The van der Waals surface area contributed by atoms with Gasteiger partial charge in [0.15, 0.2) is 0 Å². The molecular weight excluding hydrogens is 296 g/mol. The Morgan fingerprint density at radius 3 is 2.86 bits per heavy atom. The molecule has 2 rings (SSSR count). The van der Waals surface area contributed by atoms with Crippen molar-refractivity contribution in [3.63, 3.8) is 0 Å². The van der Waals surface area contributed by atoms with Crippen LogP contribution in [0.25, 0.3) is 0 Å². The number of halogens is 1. The van der Waals surface area contributed by atoms with Crippen LogP contribution in [0.5, 0.6) is 0 Å². The molecule has 1 atom stereocenters. The van der Waals surface area contributed by atoms with E-state index in [4.69, 9.17) is 0 Å². The van der Waals surface area contributed by atoms with Gasteiger partial charge < -0.3 is 5.32 Å². The minimum Gasteiger partial charge on any atom is -0.355 e. The smallest absolute Gasteiger partial charge is 0.251 e. The summed E-state index contributed by atoms with van der Waals surface area (Å²) in [6, 6.07) is 6.69. The van der Waals surface area contributed by atoms with Gasteiger partial charge in [-0.1, -0.05) is 19.1 Å². The van der Waals surface area contributed by atoms with Gasteiger partial charge in [0.05, 0.1) is 0 Å². The highest BCUT2D eigenvalue weighted by molar-refractivity contribution is 5.94. The van der Waals surface area contributed by atoms with Crippen molar-refractivity contribution in [2.24, 2.45) is 0 Å². The number of amides is 1. The van der Waals surface area contributed by atoms with Crippen molar-refractivity contribution in [1.29, 1.82) is 0 Å². The van der Waals surface area contributed by atoms with Crippen LogP contribution in [-0.2, 0) is 12.8 Å². The standard InChI is InChI=1S/C18H26N2O.ClH/c1-4-10-20(11-5-2)17-9-8-14-6-7-15(18(21)19-3)12-16(14)13-17;/h4,6-7,12,17H,1,5,8-11,13H2,2-3H3,(H,19,21);1H. The molecule has 0 bridgehead atoms. The van der Waals surface area contributed by atoms with Crippen LogP contribution in [0.4, 0.5) is 0 Å². The minimum absolute atomic E-state index is 0. The van der Waals surface area contributed by atoms with Crippen LogP contribution in [0.2, 0.25) is 0 Å². The van der Waals surface area contributed by atoms with Gasteiger partial charge in [0, 0.05) is 25.2 Å². The Kier molecular flexibility index (Phi) is 7.63. The number of carbonyl (C=O) groups excluding carboxylic acids is 1. The van der Waals surface area contributed by atoms with Crippen molar-refractivity contribution < 1.29 is 4.79 Å². The number of nitrogens with one attached hydrogen (secondary N) is 1. The second-order valence-corrected chi connectivity index (χ2v) is 5.74. The molecule has 1 N–H and O–H groups in total. The maximum absolute atomic E-state index is 11.8. The van der Waals surface area contributed by atoms with Crippen molar-refractivity contribution >= 4 is 18.3 Å². The summed E-state index contributed by atoms with van der Waals surface area (Å²) in [5, 5.41) is 2.70. The summed E-state index contributed by atoms with van der Waals surface area (Å²) in [5.41, 5.74) is 3.49. The highest BCUT2D eigenvalue weighted by Gasteiger charge is 2.23. The first-order valence-electron chi connectivity index (χ1n) is 7.88. The van der Waals surface area contributed by atoms with Crippen LogP contribution in [0.15, 0.2) is 30.9 Å². The second-order valence-electron chi connectivity index (χ2n) is 5.74. The molecule has 1 aliphatic carbocycles. The minimum atomic E-state index is -0.00331. The Morgan fingerprint density at radius 2 is 2.23 bits per heavy atom. The third-order valence-corrected chi connectivity index (χ3v) is 4.29. The van der Waals surface area contributed by atoms with Gasteiger partial charge in [-0.2, -0.15) is 0 Å². The molecule has 0 aromatic heterocycles. The topological polar surface area (TPSA) is 32.3 Å². The average Bonchev–Trinajstić information content (AvgIpc) is 2.52. The highest BCUT2D eigenvalue weighted by Crippen LogP contribution is 2.26. The van der Waals surface area contributed by atoms with Crippen molar-refractivity contribution in [2.45, 2.75) is 38.6 Å². The molecule has 1 aliphatic rings. The molecule has 0 fully saturated rings. The normalized spacial score (nSPS) is 16.6. The van der Waals surface area contributed by atoms with E-state index >= 15 is 0 Å². The molecule has 122 valence electrons. The summed E-state index contributed by atoms with van der Waals surface area (Å²) >= 11 is 0. The summed E-state index contributed by atoms with van der Waals surface area (Å²) in [6.07, 6.45) is 6.49. The Hall–Kier alpha value is -1.32. The van der Waals surface area contributed by atoms with E-state index in [1.54, 1.807) is 7.05 Å². The highest BCUT2D eigenvalue weighted by atomic mass is 35.5. The summed E-state index contributed by atoms with van der Waals surface area (Å²) in [4.78, 5) is 14.3. The third kappa shape index (κ3) is 4.34. The van der Waals surface area contributed by atoms with Gasteiger partial charge in [0.25, 0.3) is 5.91 Å². The van der Waals surface area contributed by atoms with Gasteiger partial charge in [0.1, 0.15) is 0 Å². The predicted molar refractivity (Wildman–Crippen MR) is 95.0 cm³/mol. The van der Waals surface area contributed by atoms with Crippen LogP contribution in [0.1, 0.15) is 41.3 Å². The number of benzene rings is 1. The lowest BCUT2D eigenvalue weighted by Gasteiger charge is -2.34. The molecular formula is C18H27ClN2O. The Labute approximate surface area is 140 Å². The van der Waals surface area contributed by atoms with Crippen LogP contribution >= 0.6 is 12.4 Å². The molecule has 22 heavy (non-hydrogen) atoms. The van der Waals surface area contributed by atoms with E-state index in [0.29, 0.717) is 6.04 Å². The lowest BCUT2D eigenvalue weighted by molar-refractivity contribution is 0.0963. The van der Waals surface area contributed by atoms with Crippen LogP contribution in [-0.4, -0.2) is 37.0 Å². The molecule has 1 amide bonds. The van der Waals surface area contributed by atoms with Gasteiger partial charge in [-0.15, -0.1) is 19.0 Å². The van der Waals surface area contributed by atoms with E-state index in [9.17, 15) is 4.79 Å². The third-order valence-electron chi connectivity index (χ3n) is 4.29. The van der Waals surface area contributed by atoms with Gasteiger partial charge in [0.2, 0.25) is 0 Å². The summed E-state index contributed by atoms with van der Waals surface area (Å²) in [5.74, 6) is -0.00331. The maximum Gasteiger partial charge on any atom is 0.251 e. The number of hydrogen-bond acceptors (Lipinski definition) is 2. The second kappa shape index (κ2) is 8.96. The van der Waals surface area contributed by atoms with E-state index < -0.39 is 0 Å². The fraction of sp³-hybridized carbons (Fsp3) is 0.500. The zero-order valence-corrected chi connectivity index (χ0v) is 14.4. The number of aryl methyl sites for hydroxylation is 1. The fourth-order valence-electron chi connectivity index (χ4n) is 3.21. The Morgan fingerprint density at radius 1 is 1.45 bits per heavy atom. The Bertz CT molecular complexity index is 516. The number of hydrogen-bond donors (Lipinski definition) is 1. The molecule has 0 saturated heterocycles. The van der Waals surface area contributed by atoms with Crippen LogP contribution < -0.4 is 5.32 Å². The van der Waals surface area contributed by atoms with Crippen LogP contribution in [0.3, 0.4) is 0 Å². The fourth-order valence-corrected chi connectivity index (χ4v) is 3.21. The molecule has 1 aromatic carbocycles. The maximum atomic E-state index is 11.8. The molecule has 1 unspecified atom stereocenters. The molecule has 0 aliphatic heterocycles. The molecule has 0 radical (unpaired) electrons. The van der Waals surface area contributed by atoms with Crippen molar-refractivity contribution in [3.8, 4) is 0 Å². The van der Waals surface area contributed by atoms with E-state index in [1.165, 1.54) is 17.5 Å². The van der Waals surface area contributed by atoms with E-state index in [0.717, 1.165) is 37.9 Å². The quantitative estimate of drug-likeness (QED) is 0.816. The summed E-state index contributed by atoms with van der Waals surface area (Å²) in [6.45, 7) is 8.15. The van der Waals surface area contributed by atoms with Gasteiger partial charge >= 0.3 is 0 Å². The molecule has 0 spiro atoms. The van der Waals surface area contributed by atoms with E-state index in [-0.39, 0.29) is 18.3 Å². The first kappa shape index (κ1) is 18.7. The molecule has 1 aromatic rings.